The molecule has 2 nitrogen and oxygen atoms in total. The van der Waals surface area contributed by atoms with E-state index in [9.17, 15) is 0 Å². The molecule has 0 aromatic heterocycles. The second-order valence-corrected chi connectivity index (χ2v) is 6.15. The first-order valence-electron chi connectivity index (χ1n) is 8.61. The molecular weight excluding hydrogens is 320 g/mol. The van der Waals surface area contributed by atoms with Gasteiger partial charge in [0.1, 0.15) is 11.5 Å². The van der Waals surface area contributed by atoms with E-state index in [0.29, 0.717) is 0 Å². The van der Waals surface area contributed by atoms with Crippen molar-refractivity contribution in [2.75, 3.05) is 14.2 Å². The van der Waals surface area contributed by atoms with E-state index in [0.717, 1.165) is 22.3 Å². The van der Waals surface area contributed by atoms with Crippen LogP contribution in [-0.4, -0.2) is 14.2 Å². The molecule has 0 unspecified atom stereocenters. The van der Waals surface area contributed by atoms with Gasteiger partial charge in [0.25, 0.3) is 0 Å². The number of hydrogen-bond acceptors (Lipinski definition) is 2. The summed E-state index contributed by atoms with van der Waals surface area (Å²) in [7, 11) is 3.41. The Hall–Kier alpha value is -3.26. The summed E-state index contributed by atoms with van der Waals surface area (Å²) < 4.78 is 11.2. The van der Waals surface area contributed by atoms with Crippen molar-refractivity contribution >= 4 is 10.8 Å². The Morgan fingerprint density at radius 2 is 0.885 bits per heavy atom. The average molecular weight is 340 g/mol. The monoisotopic (exact) mass is 340 g/mol. The van der Waals surface area contributed by atoms with E-state index >= 15 is 0 Å². The summed E-state index contributed by atoms with van der Waals surface area (Å²) >= 11 is 0. The van der Waals surface area contributed by atoms with E-state index in [1.54, 1.807) is 14.2 Å². The Balaban J connectivity index is 2.10. The molecule has 0 fully saturated rings. The van der Waals surface area contributed by atoms with E-state index in [-0.39, 0.29) is 0 Å². The van der Waals surface area contributed by atoms with Gasteiger partial charge >= 0.3 is 0 Å². The van der Waals surface area contributed by atoms with Gasteiger partial charge in [0.05, 0.1) is 14.2 Å². The molecule has 0 N–H and O–H groups in total. The molecule has 0 radical (unpaired) electrons. The van der Waals surface area contributed by atoms with Crippen molar-refractivity contribution in [2.24, 2.45) is 0 Å². The smallest absolute Gasteiger partial charge is 0.126 e. The van der Waals surface area contributed by atoms with Gasteiger partial charge in [0.15, 0.2) is 0 Å². The largest absolute Gasteiger partial charge is 0.496 e. The molecule has 0 bridgehead atoms. The van der Waals surface area contributed by atoms with Crippen LogP contribution in [0.3, 0.4) is 0 Å². The lowest BCUT2D eigenvalue weighted by atomic mass is 9.91. The molecule has 2 heteroatoms. The van der Waals surface area contributed by atoms with Crippen molar-refractivity contribution in [3.05, 3.63) is 84.9 Å². The molecular formula is C24H20O2. The summed E-state index contributed by atoms with van der Waals surface area (Å²) in [4.78, 5) is 0. The summed E-state index contributed by atoms with van der Waals surface area (Å²) in [6.07, 6.45) is 0. The van der Waals surface area contributed by atoms with Gasteiger partial charge in [-0.3, -0.25) is 0 Å². The minimum atomic E-state index is 0.845. The summed E-state index contributed by atoms with van der Waals surface area (Å²) in [5.41, 5.74) is 4.71. The average Bonchev–Trinajstić information content (AvgIpc) is 2.73. The van der Waals surface area contributed by atoms with Crippen LogP contribution in [-0.2, 0) is 0 Å². The van der Waals surface area contributed by atoms with E-state index in [4.69, 9.17) is 9.47 Å². The highest BCUT2D eigenvalue weighted by Gasteiger charge is 2.14. The van der Waals surface area contributed by atoms with Gasteiger partial charge in [-0.1, -0.05) is 60.7 Å². The highest BCUT2D eigenvalue weighted by molar-refractivity contribution is 6.02. The zero-order chi connectivity index (χ0) is 17.9. The second-order valence-electron chi connectivity index (χ2n) is 6.15. The molecule has 4 rings (SSSR count). The van der Waals surface area contributed by atoms with E-state index in [2.05, 4.69) is 60.7 Å². The summed E-state index contributed by atoms with van der Waals surface area (Å²) in [6, 6.07) is 29.2. The fraction of sp³-hybridized carbons (Fsp3) is 0.0833. The van der Waals surface area contributed by atoms with Crippen molar-refractivity contribution < 1.29 is 9.47 Å². The number of rotatable bonds is 4. The van der Waals surface area contributed by atoms with Crippen LogP contribution in [0.15, 0.2) is 84.9 Å². The molecule has 4 aromatic carbocycles. The standard InChI is InChI=1S/C24H20O2/c1-25-23-13-14-24(26-2)22-16-20(18-11-7-4-8-12-18)19(15-21(22)23)17-9-5-3-6-10-17/h3-16H,1-2H3. The Morgan fingerprint density at radius 3 is 1.23 bits per heavy atom. The van der Waals surface area contributed by atoms with Crippen LogP contribution in [0, 0.1) is 0 Å². The van der Waals surface area contributed by atoms with Crippen LogP contribution in [0.4, 0.5) is 0 Å². The minimum absolute atomic E-state index is 0.845. The van der Waals surface area contributed by atoms with E-state index in [1.165, 1.54) is 22.3 Å². The maximum absolute atomic E-state index is 5.61. The highest BCUT2D eigenvalue weighted by Crippen LogP contribution is 2.41. The summed E-state index contributed by atoms with van der Waals surface area (Å²) in [6.45, 7) is 0. The number of methoxy groups -OCH3 is 2. The third-order valence-electron chi connectivity index (χ3n) is 4.68. The van der Waals surface area contributed by atoms with Gasteiger partial charge in [-0.2, -0.15) is 0 Å². The summed E-state index contributed by atoms with van der Waals surface area (Å²) in [5, 5.41) is 2.09. The van der Waals surface area contributed by atoms with Crippen molar-refractivity contribution in [3.8, 4) is 33.8 Å². The number of fused-ring (bicyclic) bond motifs is 1. The third kappa shape index (κ3) is 2.80. The zero-order valence-corrected chi connectivity index (χ0v) is 14.9. The Morgan fingerprint density at radius 1 is 0.500 bits per heavy atom. The first-order chi connectivity index (χ1) is 12.8. The summed E-state index contributed by atoms with van der Waals surface area (Å²) in [5.74, 6) is 1.69. The lowest BCUT2D eigenvalue weighted by Crippen LogP contribution is -1.92. The van der Waals surface area contributed by atoms with Gasteiger partial charge < -0.3 is 9.47 Å². The predicted octanol–water partition coefficient (Wildman–Crippen LogP) is 6.19. The first-order valence-corrected chi connectivity index (χ1v) is 8.61. The van der Waals surface area contributed by atoms with Gasteiger partial charge in [0, 0.05) is 10.8 Å². The molecule has 0 aliphatic heterocycles. The highest BCUT2D eigenvalue weighted by atomic mass is 16.5. The molecule has 26 heavy (non-hydrogen) atoms. The maximum Gasteiger partial charge on any atom is 0.126 e. The Bertz CT molecular complexity index is 952. The molecule has 0 atom stereocenters. The first kappa shape index (κ1) is 16.2. The van der Waals surface area contributed by atoms with Crippen molar-refractivity contribution in [1.29, 1.82) is 0 Å². The van der Waals surface area contributed by atoms with Gasteiger partial charge in [0.2, 0.25) is 0 Å². The van der Waals surface area contributed by atoms with Gasteiger partial charge in [-0.25, -0.2) is 0 Å². The van der Waals surface area contributed by atoms with Gasteiger partial charge in [-0.15, -0.1) is 0 Å². The van der Waals surface area contributed by atoms with Crippen molar-refractivity contribution in [2.45, 2.75) is 0 Å². The molecule has 0 heterocycles. The molecule has 0 aliphatic carbocycles. The normalized spacial score (nSPS) is 10.7. The van der Waals surface area contributed by atoms with Gasteiger partial charge in [-0.05, 0) is 46.5 Å². The van der Waals surface area contributed by atoms with Crippen molar-refractivity contribution in [3.63, 3.8) is 0 Å². The lowest BCUT2D eigenvalue weighted by Gasteiger charge is -2.16. The third-order valence-corrected chi connectivity index (χ3v) is 4.68. The second kappa shape index (κ2) is 6.93. The van der Waals surface area contributed by atoms with Crippen LogP contribution in [0.5, 0.6) is 11.5 Å². The van der Waals surface area contributed by atoms with Crippen LogP contribution >= 0.6 is 0 Å². The molecule has 4 aromatic rings. The zero-order valence-electron chi connectivity index (χ0n) is 14.9. The fourth-order valence-corrected chi connectivity index (χ4v) is 3.41. The number of hydrogen-bond donors (Lipinski definition) is 0. The Kier molecular flexibility index (Phi) is 4.32. The maximum atomic E-state index is 5.61. The lowest BCUT2D eigenvalue weighted by molar-refractivity contribution is 0.410. The molecule has 0 spiro atoms. The van der Waals surface area contributed by atoms with E-state index in [1.807, 2.05) is 24.3 Å². The molecule has 0 aliphatic rings. The minimum Gasteiger partial charge on any atom is -0.496 e. The van der Waals surface area contributed by atoms with Crippen molar-refractivity contribution in [1.82, 2.24) is 0 Å². The van der Waals surface area contributed by atoms with Crippen LogP contribution < -0.4 is 9.47 Å². The molecule has 0 amide bonds. The fourth-order valence-electron chi connectivity index (χ4n) is 3.41. The quantitative estimate of drug-likeness (QED) is 0.441. The van der Waals surface area contributed by atoms with Crippen LogP contribution in [0.25, 0.3) is 33.0 Å². The Labute approximate surface area is 153 Å². The van der Waals surface area contributed by atoms with Crippen LogP contribution in [0.1, 0.15) is 0 Å². The predicted molar refractivity (Wildman–Crippen MR) is 108 cm³/mol. The molecule has 128 valence electrons. The number of benzene rings is 4. The topological polar surface area (TPSA) is 18.5 Å². The SMILES string of the molecule is COc1ccc(OC)c2cc(-c3ccccc3)c(-c3ccccc3)cc12. The number of ether oxygens (including phenoxy) is 2. The molecule has 0 saturated heterocycles. The molecule has 0 saturated carbocycles. The van der Waals surface area contributed by atoms with Crippen LogP contribution in [0.2, 0.25) is 0 Å². The van der Waals surface area contributed by atoms with E-state index < -0.39 is 0 Å².